The highest BCUT2D eigenvalue weighted by Gasteiger charge is 2.24. The highest BCUT2D eigenvalue weighted by molar-refractivity contribution is 5.87. The molecule has 0 aliphatic heterocycles. The van der Waals surface area contributed by atoms with Gasteiger partial charge in [0.2, 0.25) is 0 Å². The smallest absolute Gasteiger partial charge is 0.335 e. The number of carboxylic acid groups (broad SMARTS) is 1. The maximum absolute atomic E-state index is 10.8. The van der Waals surface area contributed by atoms with E-state index in [0.717, 1.165) is 24.8 Å². The van der Waals surface area contributed by atoms with E-state index in [1.165, 1.54) is 0 Å². The van der Waals surface area contributed by atoms with Gasteiger partial charge in [-0.1, -0.05) is 12.1 Å². The van der Waals surface area contributed by atoms with Crippen LogP contribution in [0.2, 0.25) is 0 Å². The molecule has 2 rings (SSSR count). The number of benzene rings is 1. The van der Waals surface area contributed by atoms with Crippen molar-refractivity contribution in [1.82, 2.24) is 5.32 Å². The van der Waals surface area contributed by atoms with Gasteiger partial charge in [0.15, 0.2) is 0 Å². The quantitative estimate of drug-likeness (QED) is 0.737. The molecular formula is C13H17NO3. The third kappa shape index (κ3) is 3.05. The summed E-state index contributed by atoms with van der Waals surface area (Å²) >= 11 is 0. The second-order valence-corrected chi connectivity index (χ2v) is 4.49. The van der Waals surface area contributed by atoms with Gasteiger partial charge in [-0.05, 0) is 37.0 Å². The molecule has 4 heteroatoms. The summed E-state index contributed by atoms with van der Waals surface area (Å²) in [4.78, 5) is 10.8. The predicted molar refractivity (Wildman–Crippen MR) is 63.9 cm³/mol. The molecule has 0 aromatic heterocycles. The number of carbonyl (C=O) groups is 1. The van der Waals surface area contributed by atoms with E-state index in [0.29, 0.717) is 12.1 Å². The lowest BCUT2D eigenvalue weighted by atomic mass is 10.1. The second-order valence-electron chi connectivity index (χ2n) is 4.49. The molecule has 1 aliphatic carbocycles. The molecule has 0 heterocycles. The highest BCUT2D eigenvalue weighted by atomic mass is 16.4. The maximum Gasteiger partial charge on any atom is 0.335 e. The Kier molecular flexibility index (Phi) is 3.76. The summed E-state index contributed by atoms with van der Waals surface area (Å²) in [5.41, 5.74) is 1.24. The van der Waals surface area contributed by atoms with Crippen LogP contribution in [-0.4, -0.2) is 28.3 Å². The van der Waals surface area contributed by atoms with Gasteiger partial charge in [-0.2, -0.15) is 0 Å². The normalized spacial score (nSPS) is 23.8. The van der Waals surface area contributed by atoms with E-state index in [-0.39, 0.29) is 12.1 Å². The summed E-state index contributed by atoms with van der Waals surface area (Å²) in [7, 11) is 0. The fraction of sp³-hybridized carbons (Fsp3) is 0.462. The summed E-state index contributed by atoms with van der Waals surface area (Å²) in [6, 6.07) is 7.02. The molecule has 0 unspecified atom stereocenters. The first-order chi connectivity index (χ1) is 8.16. The van der Waals surface area contributed by atoms with Gasteiger partial charge in [-0.25, -0.2) is 4.79 Å². The molecule has 1 aromatic rings. The minimum Gasteiger partial charge on any atom is -0.478 e. The van der Waals surface area contributed by atoms with E-state index in [2.05, 4.69) is 5.32 Å². The fourth-order valence-corrected chi connectivity index (χ4v) is 2.24. The minimum absolute atomic E-state index is 0.142. The highest BCUT2D eigenvalue weighted by Crippen LogP contribution is 2.19. The van der Waals surface area contributed by atoms with Gasteiger partial charge < -0.3 is 15.5 Å². The summed E-state index contributed by atoms with van der Waals surface area (Å²) in [5, 5.41) is 21.8. The van der Waals surface area contributed by atoms with E-state index in [9.17, 15) is 9.90 Å². The zero-order chi connectivity index (χ0) is 12.3. The number of aromatic carboxylic acids is 1. The first-order valence-electron chi connectivity index (χ1n) is 5.90. The van der Waals surface area contributed by atoms with Gasteiger partial charge in [0, 0.05) is 12.6 Å². The van der Waals surface area contributed by atoms with Crippen LogP contribution >= 0.6 is 0 Å². The lowest BCUT2D eigenvalue weighted by molar-refractivity contribution is 0.0696. The van der Waals surface area contributed by atoms with Crippen molar-refractivity contribution in [2.45, 2.75) is 38.0 Å². The zero-order valence-corrected chi connectivity index (χ0v) is 9.60. The number of carboxylic acids is 1. The molecule has 3 N–H and O–H groups in total. The summed E-state index contributed by atoms with van der Waals surface area (Å²) < 4.78 is 0. The lowest BCUT2D eigenvalue weighted by Gasteiger charge is -2.16. The largest absolute Gasteiger partial charge is 0.478 e. The molecule has 0 amide bonds. The van der Waals surface area contributed by atoms with Gasteiger partial charge in [0.1, 0.15) is 0 Å². The van der Waals surface area contributed by atoms with Crippen LogP contribution in [0.3, 0.4) is 0 Å². The Labute approximate surface area is 100 Å². The van der Waals surface area contributed by atoms with E-state index in [4.69, 9.17) is 5.11 Å². The zero-order valence-electron chi connectivity index (χ0n) is 9.60. The van der Waals surface area contributed by atoms with Crippen LogP contribution in [0.1, 0.15) is 35.2 Å². The molecule has 1 saturated carbocycles. The molecule has 1 aromatic carbocycles. The standard InChI is InChI=1S/C13H17NO3/c15-12-6-2-5-11(12)14-8-9-3-1-4-10(7-9)13(16)17/h1,3-4,7,11-12,14-15H,2,5-6,8H2,(H,16,17)/t11-,12-/m1/s1. The van der Waals surface area contributed by atoms with Crippen LogP contribution in [0, 0.1) is 0 Å². The Hall–Kier alpha value is -1.39. The molecule has 0 bridgehead atoms. The molecule has 0 radical (unpaired) electrons. The van der Waals surface area contributed by atoms with Crippen molar-refractivity contribution in [1.29, 1.82) is 0 Å². The Morgan fingerprint density at radius 2 is 2.24 bits per heavy atom. The van der Waals surface area contributed by atoms with Crippen molar-refractivity contribution in [2.75, 3.05) is 0 Å². The van der Waals surface area contributed by atoms with Crippen LogP contribution in [0.25, 0.3) is 0 Å². The Bertz CT molecular complexity index is 405. The number of hydrogen-bond acceptors (Lipinski definition) is 3. The van der Waals surface area contributed by atoms with Crippen LogP contribution in [-0.2, 0) is 6.54 Å². The number of hydrogen-bond donors (Lipinski definition) is 3. The predicted octanol–water partition coefficient (Wildman–Crippen LogP) is 1.39. The minimum atomic E-state index is -0.909. The second kappa shape index (κ2) is 5.29. The average molecular weight is 235 g/mol. The molecule has 4 nitrogen and oxygen atoms in total. The Balaban J connectivity index is 1.94. The first-order valence-corrected chi connectivity index (χ1v) is 5.90. The molecule has 0 spiro atoms. The van der Waals surface area contributed by atoms with E-state index < -0.39 is 5.97 Å². The van der Waals surface area contributed by atoms with Gasteiger partial charge in [-0.15, -0.1) is 0 Å². The van der Waals surface area contributed by atoms with E-state index in [1.807, 2.05) is 6.07 Å². The summed E-state index contributed by atoms with van der Waals surface area (Å²) in [6.45, 7) is 0.600. The number of rotatable bonds is 4. The van der Waals surface area contributed by atoms with Gasteiger partial charge in [-0.3, -0.25) is 0 Å². The van der Waals surface area contributed by atoms with Crippen molar-refractivity contribution >= 4 is 5.97 Å². The summed E-state index contributed by atoms with van der Waals surface area (Å²) in [6.07, 6.45) is 2.62. The van der Waals surface area contributed by atoms with Crippen molar-refractivity contribution < 1.29 is 15.0 Å². The average Bonchev–Trinajstić information content (AvgIpc) is 2.72. The number of aliphatic hydroxyl groups is 1. The molecule has 92 valence electrons. The van der Waals surface area contributed by atoms with Crippen LogP contribution < -0.4 is 5.32 Å². The molecule has 1 fully saturated rings. The number of nitrogens with one attached hydrogen (secondary N) is 1. The Morgan fingerprint density at radius 1 is 1.41 bits per heavy atom. The lowest BCUT2D eigenvalue weighted by Crippen LogP contribution is -2.35. The van der Waals surface area contributed by atoms with Gasteiger partial charge >= 0.3 is 5.97 Å². The van der Waals surface area contributed by atoms with Gasteiger partial charge in [0.25, 0.3) is 0 Å². The fourth-order valence-electron chi connectivity index (χ4n) is 2.24. The van der Waals surface area contributed by atoms with Gasteiger partial charge in [0.05, 0.1) is 11.7 Å². The third-order valence-electron chi connectivity index (χ3n) is 3.22. The molecular weight excluding hydrogens is 218 g/mol. The maximum atomic E-state index is 10.8. The number of aliphatic hydroxyl groups excluding tert-OH is 1. The molecule has 17 heavy (non-hydrogen) atoms. The van der Waals surface area contributed by atoms with Crippen molar-refractivity contribution in [3.8, 4) is 0 Å². The van der Waals surface area contributed by atoms with Crippen molar-refractivity contribution in [2.24, 2.45) is 0 Å². The molecule has 2 atom stereocenters. The molecule has 0 saturated heterocycles. The Morgan fingerprint density at radius 3 is 2.88 bits per heavy atom. The van der Waals surface area contributed by atoms with E-state index >= 15 is 0 Å². The van der Waals surface area contributed by atoms with Crippen LogP contribution in [0.15, 0.2) is 24.3 Å². The van der Waals surface area contributed by atoms with Crippen molar-refractivity contribution in [3.63, 3.8) is 0 Å². The van der Waals surface area contributed by atoms with Crippen LogP contribution in [0.4, 0.5) is 0 Å². The SMILES string of the molecule is O=C(O)c1cccc(CN[C@@H]2CCC[C@H]2O)c1. The first kappa shape index (κ1) is 12.1. The third-order valence-corrected chi connectivity index (χ3v) is 3.22. The monoisotopic (exact) mass is 235 g/mol. The van der Waals surface area contributed by atoms with Crippen molar-refractivity contribution in [3.05, 3.63) is 35.4 Å². The van der Waals surface area contributed by atoms with E-state index in [1.54, 1.807) is 18.2 Å². The molecule has 1 aliphatic rings. The van der Waals surface area contributed by atoms with Crippen LogP contribution in [0.5, 0.6) is 0 Å². The topological polar surface area (TPSA) is 69.6 Å². The summed E-state index contributed by atoms with van der Waals surface area (Å²) in [5.74, 6) is -0.909.